The van der Waals surface area contributed by atoms with Crippen LogP contribution in [0.25, 0.3) is 17.0 Å². The normalized spacial score (nSPS) is 10.9. The highest BCUT2D eigenvalue weighted by Gasteiger charge is 2.02. The average Bonchev–Trinajstić information content (AvgIpc) is 2.29. The van der Waals surface area contributed by atoms with Gasteiger partial charge in [0.15, 0.2) is 5.43 Å². The molecular formula is C12H7O3. The first-order valence-electron chi connectivity index (χ1n) is 4.36. The van der Waals surface area contributed by atoms with Crippen LogP contribution in [-0.2, 0) is 4.79 Å². The molecule has 1 aromatic carbocycles. The predicted molar refractivity (Wildman–Crippen MR) is 56.4 cm³/mol. The first-order chi connectivity index (χ1) is 7.33. The monoisotopic (exact) mass is 199 g/mol. The van der Waals surface area contributed by atoms with Crippen molar-refractivity contribution in [1.29, 1.82) is 0 Å². The number of carbonyl (C=O) groups is 1. The van der Waals surface area contributed by atoms with Crippen molar-refractivity contribution in [2.75, 3.05) is 0 Å². The Morgan fingerprint density at radius 3 is 3.07 bits per heavy atom. The maximum atomic E-state index is 11.8. The molecule has 1 radical (unpaired) electrons. The predicted octanol–water partition coefficient (Wildman–Crippen LogP) is 1.81. The molecule has 0 saturated carbocycles. The van der Waals surface area contributed by atoms with E-state index in [9.17, 15) is 9.59 Å². The van der Waals surface area contributed by atoms with Crippen molar-refractivity contribution in [1.82, 2.24) is 0 Å². The molecule has 15 heavy (non-hydrogen) atoms. The van der Waals surface area contributed by atoms with Gasteiger partial charge in [0.25, 0.3) is 0 Å². The summed E-state index contributed by atoms with van der Waals surface area (Å²) in [6.07, 6.45) is 4.63. The van der Waals surface area contributed by atoms with Crippen molar-refractivity contribution < 1.29 is 9.21 Å². The van der Waals surface area contributed by atoms with Gasteiger partial charge in [-0.25, -0.2) is 0 Å². The molecule has 73 valence electrons. The first kappa shape index (κ1) is 9.40. The molecule has 3 nitrogen and oxygen atoms in total. The summed E-state index contributed by atoms with van der Waals surface area (Å²) in [5, 5.41) is 0.463. The SMILES string of the molecule is O=CC=Cc1coc2cc[c]cc2c1=O. The van der Waals surface area contributed by atoms with Gasteiger partial charge in [-0.05, 0) is 30.4 Å². The van der Waals surface area contributed by atoms with Crippen LogP contribution in [0.2, 0.25) is 0 Å². The van der Waals surface area contributed by atoms with Gasteiger partial charge in [-0.1, -0.05) is 6.07 Å². The minimum atomic E-state index is -0.161. The fraction of sp³-hybridized carbons (Fsp3) is 0. The minimum absolute atomic E-state index is 0.161. The Morgan fingerprint density at radius 2 is 2.27 bits per heavy atom. The van der Waals surface area contributed by atoms with E-state index in [2.05, 4.69) is 6.07 Å². The molecule has 0 unspecified atom stereocenters. The summed E-state index contributed by atoms with van der Waals surface area (Å²) in [5.74, 6) is 0. The average molecular weight is 199 g/mol. The van der Waals surface area contributed by atoms with Gasteiger partial charge in [0.05, 0.1) is 10.9 Å². The quantitative estimate of drug-likeness (QED) is 0.547. The number of hydrogen-bond acceptors (Lipinski definition) is 3. The van der Waals surface area contributed by atoms with E-state index in [1.54, 1.807) is 18.2 Å². The second-order valence-corrected chi connectivity index (χ2v) is 2.94. The third-order valence-corrected chi connectivity index (χ3v) is 2.00. The Morgan fingerprint density at radius 1 is 1.40 bits per heavy atom. The van der Waals surface area contributed by atoms with Crippen molar-refractivity contribution in [2.24, 2.45) is 0 Å². The smallest absolute Gasteiger partial charge is 0.199 e. The molecule has 0 N–H and O–H groups in total. The lowest BCUT2D eigenvalue weighted by Gasteiger charge is -1.96. The Bertz CT molecular complexity index is 579. The molecule has 0 saturated heterocycles. The van der Waals surface area contributed by atoms with E-state index in [0.717, 1.165) is 0 Å². The maximum Gasteiger partial charge on any atom is 0.199 e. The van der Waals surface area contributed by atoms with Crippen LogP contribution >= 0.6 is 0 Å². The Labute approximate surface area is 85.6 Å². The largest absolute Gasteiger partial charge is 0.463 e. The van der Waals surface area contributed by atoms with E-state index < -0.39 is 0 Å². The molecule has 1 heterocycles. The lowest BCUT2D eigenvalue weighted by molar-refractivity contribution is -0.104. The van der Waals surface area contributed by atoms with E-state index in [0.29, 0.717) is 22.8 Å². The minimum Gasteiger partial charge on any atom is -0.463 e. The molecule has 0 amide bonds. The molecule has 0 aliphatic heterocycles. The van der Waals surface area contributed by atoms with Gasteiger partial charge in [0.2, 0.25) is 0 Å². The summed E-state index contributed by atoms with van der Waals surface area (Å²) in [4.78, 5) is 21.9. The maximum absolute atomic E-state index is 11.8. The highest BCUT2D eigenvalue weighted by atomic mass is 16.3. The lowest BCUT2D eigenvalue weighted by atomic mass is 10.1. The molecule has 0 aliphatic rings. The van der Waals surface area contributed by atoms with E-state index >= 15 is 0 Å². The van der Waals surface area contributed by atoms with Crippen LogP contribution in [0, 0.1) is 6.07 Å². The van der Waals surface area contributed by atoms with Gasteiger partial charge in [-0.2, -0.15) is 0 Å². The van der Waals surface area contributed by atoms with Crippen molar-refractivity contribution in [2.45, 2.75) is 0 Å². The van der Waals surface area contributed by atoms with Crippen molar-refractivity contribution in [3.63, 3.8) is 0 Å². The van der Waals surface area contributed by atoms with Crippen molar-refractivity contribution >= 4 is 23.3 Å². The first-order valence-corrected chi connectivity index (χ1v) is 4.36. The second kappa shape index (κ2) is 3.92. The summed E-state index contributed by atoms with van der Waals surface area (Å²) < 4.78 is 5.23. The number of rotatable bonds is 2. The van der Waals surface area contributed by atoms with Crippen LogP contribution in [-0.4, -0.2) is 6.29 Å². The van der Waals surface area contributed by atoms with Crippen molar-refractivity contribution in [3.05, 3.63) is 52.4 Å². The summed E-state index contributed by atoms with van der Waals surface area (Å²) in [6.45, 7) is 0. The van der Waals surface area contributed by atoms with Gasteiger partial charge < -0.3 is 4.42 Å². The number of fused-ring (bicyclic) bond motifs is 1. The summed E-state index contributed by atoms with van der Waals surface area (Å²) in [7, 11) is 0. The van der Waals surface area contributed by atoms with Crippen LogP contribution in [0.1, 0.15) is 5.56 Å². The number of benzene rings is 1. The molecule has 2 rings (SSSR count). The molecule has 0 fully saturated rings. The zero-order valence-electron chi connectivity index (χ0n) is 7.77. The van der Waals surface area contributed by atoms with E-state index in [1.807, 2.05) is 0 Å². The third kappa shape index (κ3) is 1.72. The fourth-order valence-corrected chi connectivity index (χ4v) is 1.29. The molecule has 0 bridgehead atoms. The Hall–Kier alpha value is -2.16. The summed E-state index contributed by atoms with van der Waals surface area (Å²) >= 11 is 0. The molecule has 3 heteroatoms. The van der Waals surface area contributed by atoms with Crippen LogP contribution in [0.4, 0.5) is 0 Å². The number of aldehydes is 1. The van der Waals surface area contributed by atoms with E-state index in [-0.39, 0.29) is 5.43 Å². The molecule has 1 aromatic heterocycles. The Balaban J connectivity index is 2.70. The number of allylic oxidation sites excluding steroid dienone is 1. The van der Waals surface area contributed by atoms with E-state index in [4.69, 9.17) is 4.42 Å². The summed E-state index contributed by atoms with van der Waals surface area (Å²) in [6, 6.07) is 7.72. The zero-order valence-corrected chi connectivity index (χ0v) is 7.77. The second-order valence-electron chi connectivity index (χ2n) is 2.94. The highest BCUT2D eigenvalue weighted by molar-refractivity contribution is 5.80. The number of hydrogen-bond donors (Lipinski definition) is 0. The zero-order chi connectivity index (χ0) is 10.7. The van der Waals surface area contributed by atoms with Crippen LogP contribution < -0.4 is 5.43 Å². The fourth-order valence-electron chi connectivity index (χ4n) is 1.29. The third-order valence-electron chi connectivity index (χ3n) is 2.00. The summed E-state index contributed by atoms with van der Waals surface area (Å²) in [5.41, 5.74) is 0.711. The lowest BCUT2D eigenvalue weighted by Crippen LogP contribution is -2.04. The highest BCUT2D eigenvalue weighted by Crippen LogP contribution is 2.10. The van der Waals surface area contributed by atoms with Gasteiger partial charge in [0, 0.05) is 0 Å². The molecule has 0 aliphatic carbocycles. The van der Waals surface area contributed by atoms with Gasteiger partial charge >= 0.3 is 0 Å². The topological polar surface area (TPSA) is 47.3 Å². The van der Waals surface area contributed by atoms with Gasteiger partial charge in [-0.3, -0.25) is 9.59 Å². The molecule has 0 spiro atoms. The van der Waals surface area contributed by atoms with Crippen LogP contribution in [0.15, 0.2) is 39.7 Å². The van der Waals surface area contributed by atoms with Crippen LogP contribution in [0.3, 0.4) is 0 Å². The van der Waals surface area contributed by atoms with Crippen molar-refractivity contribution in [3.8, 4) is 0 Å². The number of carbonyl (C=O) groups excluding carboxylic acids is 1. The van der Waals surface area contributed by atoms with Crippen LogP contribution in [0.5, 0.6) is 0 Å². The van der Waals surface area contributed by atoms with E-state index in [1.165, 1.54) is 18.4 Å². The van der Waals surface area contributed by atoms with Gasteiger partial charge in [0.1, 0.15) is 18.1 Å². The molecular weight excluding hydrogens is 192 g/mol. The molecule has 2 aromatic rings. The molecule has 0 atom stereocenters. The standard InChI is InChI=1S/C12H7O3/c13-7-3-4-9-8-15-11-6-2-1-5-10(11)12(9)14/h2-8H. The van der Waals surface area contributed by atoms with Gasteiger partial charge in [-0.15, -0.1) is 0 Å². The Kier molecular flexibility index (Phi) is 2.46.